The van der Waals surface area contributed by atoms with Crippen LogP contribution in [-0.4, -0.2) is 50.8 Å². The lowest BCUT2D eigenvalue weighted by Crippen LogP contribution is -2.62. The standard InChI is InChI=1S/C25H23N5O2/c31-24(22-9-4-10-23-21(22)11-13-27-23)29-16-20(17-29)30(15-18-6-5-12-26-14-18)25(32)28-19-7-2-1-3-8-19/h1-14,20,27H,15-17H2,(H,28,32). The van der Waals surface area contributed by atoms with Crippen LogP contribution >= 0.6 is 0 Å². The van der Waals surface area contributed by atoms with E-state index in [2.05, 4.69) is 15.3 Å². The summed E-state index contributed by atoms with van der Waals surface area (Å²) < 4.78 is 0. The minimum atomic E-state index is -0.190. The van der Waals surface area contributed by atoms with Crippen LogP contribution < -0.4 is 5.32 Å². The number of H-pyrrole nitrogens is 1. The van der Waals surface area contributed by atoms with Crippen molar-refractivity contribution in [1.82, 2.24) is 19.8 Å². The summed E-state index contributed by atoms with van der Waals surface area (Å²) in [4.78, 5) is 37.1. The number of carbonyl (C=O) groups excluding carboxylic acids is 2. The highest BCUT2D eigenvalue weighted by atomic mass is 16.2. The highest BCUT2D eigenvalue weighted by Gasteiger charge is 2.38. The van der Waals surface area contributed by atoms with Gasteiger partial charge < -0.3 is 20.1 Å². The normalized spacial score (nSPS) is 13.6. The van der Waals surface area contributed by atoms with Crippen LogP contribution in [0.3, 0.4) is 0 Å². The SMILES string of the molecule is O=C(c1cccc2[nH]ccc12)N1CC(N(Cc2cccnc2)C(=O)Nc2ccccc2)C1. The molecule has 4 aromatic rings. The molecule has 0 atom stereocenters. The van der Waals surface area contributed by atoms with Crippen LogP contribution in [0.5, 0.6) is 0 Å². The maximum absolute atomic E-state index is 13.1. The van der Waals surface area contributed by atoms with Crippen LogP contribution in [0.2, 0.25) is 0 Å². The van der Waals surface area contributed by atoms with Gasteiger partial charge in [0.1, 0.15) is 0 Å². The van der Waals surface area contributed by atoms with Crippen molar-refractivity contribution in [3.05, 3.63) is 96.4 Å². The monoisotopic (exact) mass is 425 g/mol. The molecule has 3 heterocycles. The van der Waals surface area contributed by atoms with E-state index in [1.54, 1.807) is 22.2 Å². The zero-order valence-electron chi connectivity index (χ0n) is 17.4. The number of nitrogens with zero attached hydrogens (tertiary/aromatic N) is 3. The molecular formula is C25H23N5O2. The average Bonchev–Trinajstić information content (AvgIpc) is 3.28. The van der Waals surface area contributed by atoms with E-state index in [4.69, 9.17) is 0 Å². The lowest BCUT2D eigenvalue weighted by atomic mass is 10.0. The molecule has 1 aliphatic heterocycles. The van der Waals surface area contributed by atoms with Gasteiger partial charge in [-0.25, -0.2) is 4.79 Å². The zero-order chi connectivity index (χ0) is 21.9. The highest BCUT2D eigenvalue weighted by molar-refractivity contribution is 6.06. The largest absolute Gasteiger partial charge is 0.361 e. The van der Waals surface area contributed by atoms with Crippen molar-refractivity contribution in [2.24, 2.45) is 0 Å². The summed E-state index contributed by atoms with van der Waals surface area (Å²) in [7, 11) is 0. The number of benzene rings is 2. The lowest BCUT2D eigenvalue weighted by Gasteiger charge is -2.45. The number of hydrogen-bond acceptors (Lipinski definition) is 3. The first-order valence-electron chi connectivity index (χ1n) is 10.6. The summed E-state index contributed by atoms with van der Waals surface area (Å²) >= 11 is 0. The van der Waals surface area contributed by atoms with Gasteiger partial charge in [-0.3, -0.25) is 9.78 Å². The molecule has 7 nitrogen and oxygen atoms in total. The maximum atomic E-state index is 13.1. The molecule has 3 amide bonds. The molecule has 0 aliphatic carbocycles. The fraction of sp³-hybridized carbons (Fsp3) is 0.160. The molecule has 32 heavy (non-hydrogen) atoms. The number of anilines is 1. The molecule has 160 valence electrons. The second-order valence-electron chi connectivity index (χ2n) is 7.89. The number of aromatic nitrogens is 2. The quantitative estimate of drug-likeness (QED) is 0.505. The van der Waals surface area contributed by atoms with E-state index in [0.29, 0.717) is 25.2 Å². The molecule has 0 bridgehead atoms. The molecule has 5 rings (SSSR count). The lowest BCUT2D eigenvalue weighted by molar-refractivity contribution is 0.0365. The number of para-hydroxylation sites is 1. The molecule has 2 aromatic heterocycles. The Balaban J connectivity index is 1.32. The van der Waals surface area contributed by atoms with Gasteiger partial charge in [0, 0.05) is 60.4 Å². The Bertz CT molecular complexity index is 1230. The number of hydrogen-bond donors (Lipinski definition) is 2. The summed E-state index contributed by atoms with van der Waals surface area (Å²) in [5.41, 5.74) is 3.29. The predicted octanol–water partition coefficient (Wildman–Crippen LogP) is 4.12. The number of nitrogens with one attached hydrogen (secondary N) is 2. The van der Waals surface area contributed by atoms with Gasteiger partial charge in [0.05, 0.1) is 6.04 Å². The Morgan fingerprint density at radius 3 is 2.66 bits per heavy atom. The second-order valence-corrected chi connectivity index (χ2v) is 7.89. The van der Waals surface area contributed by atoms with Gasteiger partial charge in [-0.05, 0) is 42.0 Å². The number of rotatable bonds is 5. The van der Waals surface area contributed by atoms with Gasteiger partial charge in [-0.1, -0.05) is 30.3 Å². The summed E-state index contributed by atoms with van der Waals surface area (Å²) in [6.07, 6.45) is 5.31. The second kappa shape index (κ2) is 8.55. The number of likely N-dealkylation sites (tertiary alicyclic amines) is 1. The third kappa shape index (κ3) is 3.92. The first kappa shape index (κ1) is 19.8. The van der Waals surface area contributed by atoms with Gasteiger partial charge >= 0.3 is 6.03 Å². The molecule has 2 aromatic carbocycles. The van der Waals surface area contributed by atoms with Gasteiger partial charge in [0.15, 0.2) is 0 Å². The molecule has 0 unspecified atom stereocenters. The third-order valence-electron chi connectivity index (χ3n) is 5.78. The molecule has 0 saturated carbocycles. The highest BCUT2D eigenvalue weighted by Crippen LogP contribution is 2.25. The van der Waals surface area contributed by atoms with Crippen LogP contribution in [-0.2, 0) is 6.54 Å². The minimum absolute atomic E-state index is 0.0174. The summed E-state index contributed by atoms with van der Waals surface area (Å²) in [5.74, 6) is -0.0174. The topological polar surface area (TPSA) is 81.3 Å². The van der Waals surface area contributed by atoms with Crippen molar-refractivity contribution < 1.29 is 9.59 Å². The first-order valence-corrected chi connectivity index (χ1v) is 10.6. The van der Waals surface area contributed by atoms with E-state index in [1.807, 2.05) is 72.9 Å². The molecule has 1 fully saturated rings. The summed E-state index contributed by atoms with van der Waals surface area (Å²) in [5, 5.41) is 3.88. The average molecular weight is 425 g/mol. The zero-order valence-corrected chi connectivity index (χ0v) is 17.4. The predicted molar refractivity (Wildman–Crippen MR) is 123 cm³/mol. The van der Waals surface area contributed by atoms with Gasteiger partial charge in [-0.15, -0.1) is 0 Å². The van der Waals surface area contributed by atoms with E-state index >= 15 is 0 Å². The summed E-state index contributed by atoms with van der Waals surface area (Å²) in [6.45, 7) is 1.40. The Labute approximate surface area is 185 Å². The Morgan fingerprint density at radius 2 is 1.88 bits per heavy atom. The van der Waals surface area contributed by atoms with Crippen LogP contribution in [0, 0.1) is 0 Å². The van der Waals surface area contributed by atoms with Crippen LogP contribution in [0.15, 0.2) is 85.3 Å². The summed E-state index contributed by atoms with van der Waals surface area (Å²) in [6, 6.07) is 20.5. The minimum Gasteiger partial charge on any atom is -0.361 e. The molecule has 0 spiro atoms. The van der Waals surface area contributed by atoms with Crippen molar-refractivity contribution in [3.8, 4) is 0 Å². The Morgan fingerprint density at radius 1 is 1.03 bits per heavy atom. The smallest absolute Gasteiger partial charge is 0.322 e. The van der Waals surface area contributed by atoms with E-state index in [1.165, 1.54) is 0 Å². The molecule has 7 heteroatoms. The number of carbonyl (C=O) groups is 2. The van der Waals surface area contributed by atoms with Gasteiger partial charge in [0.25, 0.3) is 5.91 Å². The van der Waals surface area contributed by atoms with E-state index in [0.717, 1.165) is 22.2 Å². The number of urea groups is 1. The molecule has 1 saturated heterocycles. The number of aromatic amines is 1. The molecule has 1 aliphatic rings. The van der Waals surface area contributed by atoms with Crippen LogP contribution in [0.25, 0.3) is 10.9 Å². The van der Waals surface area contributed by atoms with Crippen molar-refractivity contribution in [1.29, 1.82) is 0 Å². The Kier molecular flexibility index (Phi) is 5.29. The van der Waals surface area contributed by atoms with Crippen molar-refractivity contribution in [2.75, 3.05) is 18.4 Å². The van der Waals surface area contributed by atoms with Gasteiger partial charge in [-0.2, -0.15) is 0 Å². The number of fused-ring (bicyclic) bond motifs is 1. The third-order valence-corrected chi connectivity index (χ3v) is 5.78. The van der Waals surface area contributed by atoms with Crippen LogP contribution in [0.4, 0.5) is 10.5 Å². The number of amides is 3. The molecule has 2 N–H and O–H groups in total. The van der Waals surface area contributed by atoms with Crippen molar-refractivity contribution in [2.45, 2.75) is 12.6 Å². The van der Waals surface area contributed by atoms with Gasteiger partial charge in [0.2, 0.25) is 0 Å². The number of pyridine rings is 1. The fourth-order valence-corrected chi connectivity index (χ4v) is 4.03. The maximum Gasteiger partial charge on any atom is 0.322 e. The molecular weight excluding hydrogens is 402 g/mol. The van der Waals surface area contributed by atoms with E-state index < -0.39 is 0 Å². The van der Waals surface area contributed by atoms with Crippen LogP contribution in [0.1, 0.15) is 15.9 Å². The van der Waals surface area contributed by atoms with Crippen molar-refractivity contribution >= 4 is 28.5 Å². The Hall–Kier alpha value is -4.13. The van der Waals surface area contributed by atoms with E-state index in [9.17, 15) is 9.59 Å². The fourth-order valence-electron chi connectivity index (χ4n) is 4.03. The van der Waals surface area contributed by atoms with Crippen molar-refractivity contribution in [3.63, 3.8) is 0 Å². The van der Waals surface area contributed by atoms with E-state index in [-0.39, 0.29) is 18.0 Å². The first-order chi connectivity index (χ1) is 15.7. The molecule has 0 radical (unpaired) electrons.